The lowest BCUT2D eigenvalue weighted by molar-refractivity contribution is -0.157. The average molecular weight is 317 g/mol. The van der Waals surface area contributed by atoms with E-state index < -0.39 is 0 Å². The number of benzene rings is 1. The SMILES string of the molecule is CC(C)(C)c1ccc(C(=O)N[C@@H]2CC[C@H]3OCCO[C@H]3C2)cc1. The molecular weight excluding hydrogens is 290 g/mol. The molecule has 1 aliphatic heterocycles. The lowest BCUT2D eigenvalue weighted by Crippen LogP contribution is -2.49. The Morgan fingerprint density at radius 1 is 1.04 bits per heavy atom. The van der Waals surface area contributed by atoms with E-state index >= 15 is 0 Å². The third-order valence-corrected chi connectivity index (χ3v) is 4.83. The normalized spacial score (nSPS) is 28.0. The molecule has 1 aliphatic carbocycles. The topological polar surface area (TPSA) is 47.6 Å². The molecule has 0 unspecified atom stereocenters. The Morgan fingerprint density at radius 2 is 1.70 bits per heavy atom. The smallest absolute Gasteiger partial charge is 0.251 e. The summed E-state index contributed by atoms with van der Waals surface area (Å²) >= 11 is 0. The molecule has 3 atom stereocenters. The van der Waals surface area contributed by atoms with Gasteiger partial charge in [-0.15, -0.1) is 0 Å². The minimum absolute atomic E-state index is 0.00522. The summed E-state index contributed by atoms with van der Waals surface area (Å²) in [5.74, 6) is 0.00522. The van der Waals surface area contributed by atoms with Crippen LogP contribution in [0.15, 0.2) is 24.3 Å². The predicted molar refractivity (Wildman–Crippen MR) is 89.7 cm³/mol. The van der Waals surface area contributed by atoms with Crippen molar-refractivity contribution in [3.05, 3.63) is 35.4 Å². The first-order valence-electron chi connectivity index (χ1n) is 8.58. The fraction of sp³-hybridized carbons (Fsp3) is 0.632. The van der Waals surface area contributed by atoms with E-state index in [9.17, 15) is 4.79 Å². The highest BCUT2D eigenvalue weighted by molar-refractivity contribution is 5.94. The first-order valence-corrected chi connectivity index (χ1v) is 8.58. The van der Waals surface area contributed by atoms with Crippen molar-refractivity contribution in [2.75, 3.05) is 13.2 Å². The van der Waals surface area contributed by atoms with E-state index in [0.717, 1.165) is 24.8 Å². The van der Waals surface area contributed by atoms with Gasteiger partial charge in [0.25, 0.3) is 5.91 Å². The van der Waals surface area contributed by atoms with Gasteiger partial charge in [-0.2, -0.15) is 0 Å². The van der Waals surface area contributed by atoms with Crippen molar-refractivity contribution in [1.82, 2.24) is 5.32 Å². The molecule has 1 saturated carbocycles. The maximum atomic E-state index is 12.5. The fourth-order valence-corrected chi connectivity index (χ4v) is 3.39. The van der Waals surface area contributed by atoms with Gasteiger partial charge in [0.2, 0.25) is 0 Å². The largest absolute Gasteiger partial charge is 0.373 e. The molecule has 2 aliphatic rings. The van der Waals surface area contributed by atoms with Gasteiger partial charge in [0.15, 0.2) is 0 Å². The van der Waals surface area contributed by atoms with Crippen molar-refractivity contribution in [3.8, 4) is 0 Å². The van der Waals surface area contributed by atoms with Crippen LogP contribution in [0.1, 0.15) is 56.0 Å². The lowest BCUT2D eigenvalue weighted by Gasteiger charge is -2.39. The van der Waals surface area contributed by atoms with Gasteiger partial charge in [-0.1, -0.05) is 32.9 Å². The van der Waals surface area contributed by atoms with E-state index in [1.54, 1.807) is 0 Å². The quantitative estimate of drug-likeness (QED) is 0.912. The Labute approximate surface area is 138 Å². The van der Waals surface area contributed by atoms with Crippen LogP contribution in [0.2, 0.25) is 0 Å². The van der Waals surface area contributed by atoms with Gasteiger partial charge in [-0.05, 0) is 42.4 Å². The molecule has 1 heterocycles. The van der Waals surface area contributed by atoms with Gasteiger partial charge < -0.3 is 14.8 Å². The Hall–Kier alpha value is -1.39. The second-order valence-electron chi connectivity index (χ2n) is 7.63. The molecule has 2 fully saturated rings. The van der Waals surface area contributed by atoms with Crippen molar-refractivity contribution >= 4 is 5.91 Å². The molecule has 1 aromatic rings. The number of amides is 1. The van der Waals surface area contributed by atoms with E-state index in [0.29, 0.717) is 13.2 Å². The maximum absolute atomic E-state index is 12.5. The third-order valence-electron chi connectivity index (χ3n) is 4.83. The van der Waals surface area contributed by atoms with Gasteiger partial charge in [-0.3, -0.25) is 4.79 Å². The maximum Gasteiger partial charge on any atom is 0.251 e. The van der Waals surface area contributed by atoms with Crippen molar-refractivity contribution < 1.29 is 14.3 Å². The van der Waals surface area contributed by atoms with Crippen molar-refractivity contribution in [1.29, 1.82) is 0 Å². The zero-order chi connectivity index (χ0) is 16.4. The molecule has 1 N–H and O–H groups in total. The van der Waals surface area contributed by atoms with Crippen LogP contribution in [0, 0.1) is 0 Å². The molecule has 1 aromatic carbocycles. The molecule has 0 radical (unpaired) electrons. The molecule has 0 aromatic heterocycles. The molecule has 0 bridgehead atoms. The number of hydrogen-bond acceptors (Lipinski definition) is 3. The number of fused-ring (bicyclic) bond motifs is 1. The highest BCUT2D eigenvalue weighted by Gasteiger charge is 2.34. The Kier molecular flexibility index (Phi) is 4.74. The number of hydrogen-bond donors (Lipinski definition) is 1. The summed E-state index contributed by atoms with van der Waals surface area (Å²) in [6, 6.07) is 8.10. The summed E-state index contributed by atoms with van der Waals surface area (Å²) in [5, 5.41) is 3.15. The van der Waals surface area contributed by atoms with E-state index in [1.165, 1.54) is 5.56 Å². The first kappa shape index (κ1) is 16.5. The summed E-state index contributed by atoms with van der Waals surface area (Å²) < 4.78 is 11.5. The molecule has 23 heavy (non-hydrogen) atoms. The highest BCUT2D eigenvalue weighted by atomic mass is 16.6. The summed E-state index contributed by atoms with van der Waals surface area (Å²) in [5.41, 5.74) is 2.06. The minimum Gasteiger partial charge on any atom is -0.373 e. The standard InChI is InChI=1S/C19H27NO3/c1-19(2,3)14-6-4-13(5-7-14)18(21)20-15-8-9-16-17(12-15)23-11-10-22-16/h4-7,15-17H,8-12H2,1-3H3,(H,20,21)/t15-,16-,17+/m1/s1. The predicted octanol–water partition coefficient (Wildman–Crippen LogP) is 3.05. The van der Waals surface area contributed by atoms with Crippen LogP contribution in [-0.4, -0.2) is 37.4 Å². The van der Waals surface area contributed by atoms with Gasteiger partial charge in [0, 0.05) is 11.6 Å². The van der Waals surface area contributed by atoms with Gasteiger partial charge in [0.05, 0.1) is 25.4 Å². The average Bonchev–Trinajstić information content (AvgIpc) is 2.54. The molecule has 1 saturated heterocycles. The second kappa shape index (κ2) is 6.62. The van der Waals surface area contributed by atoms with Crippen molar-refractivity contribution in [3.63, 3.8) is 0 Å². The molecule has 1 amide bonds. The molecule has 0 spiro atoms. The van der Waals surface area contributed by atoms with E-state index in [1.807, 2.05) is 24.3 Å². The number of carbonyl (C=O) groups excluding carboxylic acids is 1. The third kappa shape index (κ3) is 3.93. The Balaban J connectivity index is 1.58. The molecule has 3 rings (SSSR count). The lowest BCUT2D eigenvalue weighted by atomic mass is 9.86. The summed E-state index contributed by atoms with van der Waals surface area (Å²) in [7, 11) is 0. The Morgan fingerprint density at radius 3 is 2.35 bits per heavy atom. The van der Waals surface area contributed by atoms with Crippen LogP contribution in [-0.2, 0) is 14.9 Å². The fourth-order valence-electron chi connectivity index (χ4n) is 3.39. The van der Waals surface area contributed by atoms with Crippen LogP contribution < -0.4 is 5.32 Å². The highest BCUT2D eigenvalue weighted by Crippen LogP contribution is 2.27. The van der Waals surface area contributed by atoms with E-state index in [4.69, 9.17) is 9.47 Å². The number of rotatable bonds is 2. The van der Waals surface area contributed by atoms with Crippen LogP contribution >= 0.6 is 0 Å². The zero-order valence-corrected chi connectivity index (χ0v) is 14.3. The number of nitrogens with one attached hydrogen (secondary N) is 1. The van der Waals surface area contributed by atoms with Gasteiger partial charge >= 0.3 is 0 Å². The molecule has 126 valence electrons. The Bertz CT molecular complexity index is 547. The summed E-state index contributed by atoms with van der Waals surface area (Å²) in [4.78, 5) is 12.5. The monoisotopic (exact) mass is 317 g/mol. The second-order valence-corrected chi connectivity index (χ2v) is 7.63. The van der Waals surface area contributed by atoms with Crippen LogP contribution in [0.25, 0.3) is 0 Å². The van der Waals surface area contributed by atoms with Crippen LogP contribution in [0.3, 0.4) is 0 Å². The van der Waals surface area contributed by atoms with Crippen molar-refractivity contribution in [2.24, 2.45) is 0 Å². The molecule has 4 heteroatoms. The molecule has 4 nitrogen and oxygen atoms in total. The van der Waals surface area contributed by atoms with Crippen LogP contribution in [0.4, 0.5) is 0 Å². The minimum atomic E-state index is 0.00522. The van der Waals surface area contributed by atoms with E-state index in [-0.39, 0.29) is 29.6 Å². The molecular formula is C19H27NO3. The zero-order valence-electron chi connectivity index (χ0n) is 14.3. The van der Waals surface area contributed by atoms with Gasteiger partial charge in [0.1, 0.15) is 0 Å². The first-order chi connectivity index (χ1) is 10.9. The van der Waals surface area contributed by atoms with E-state index in [2.05, 4.69) is 26.1 Å². The van der Waals surface area contributed by atoms with Gasteiger partial charge in [-0.25, -0.2) is 0 Å². The summed E-state index contributed by atoms with van der Waals surface area (Å²) in [6.07, 6.45) is 3.10. The summed E-state index contributed by atoms with van der Waals surface area (Å²) in [6.45, 7) is 7.88. The number of carbonyl (C=O) groups is 1. The van der Waals surface area contributed by atoms with Crippen molar-refractivity contribution in [2.45, 2.75) is 63.7 Å². The van der Waals surface area contributed by atoms with Crippen LogP contribution in [0.5, 0.6) is 0 Å². The number of ether oxygens (including phenoxy) is 2.